The molecule has 0 amide bonds. The maximum atomic E-state index is 6.76. The molecule has 3 aromatic rings. The van der Waals surface area contributed by atoms with Crippen LogP contribution in [0.3, 0.4) is 0 Å². The number of nitrogens with zero attached hydrogens (tertiary/aromatic N) is 4. The lowest BCUT2D eigenvalue weighted by atomic mass is 10.0. The first-order valence-electron chi connectivity index (χ1n) is 11.0. The van der Waals surface area contributed by atoms with Gasteiger partial charge in [0.2, 0.25) is 5.95 Å². The van der Waals surface area contributed by atoms with Gasteiger partial charge < -0.3 is 24.4 Å². The molecule has 8 nitrogen and oxygen atoms in total. The Kier molecular flexibility index (Phi) is 5.73. The highest BCUT2D eigenvalue weighted by Crippen LogP contribution is 2.50. The zero-order valence-corrected chi connectivity index (χ0v) is 21.0. The Morgan fingerprint density at radius 2 is 2.03 bits per heavy atom. The molecule has 5 rings (SSSR count). The summed E-state index contributed by atoms with van der Waals surface area (Å²) < 4.78 is 19.4. The fourth-order valence-corrected chi connectivity index (χ4v) is 6.09. The van der Waals surface area contributed by atoms with Crippen LogP contribution in [0.15, 0.2) is 24.3 Å². The zero-order chi connectivity index (χ0) is 23.4. The van der Waals surface area contributed by atoms with Crippen molar-refractivity contribution in [2.75, 3.05) is 38.0 Å². The third kappa shape index (κ3) is 4.06. The highest BCUT2D eigenvalue weighted by Gasteiger charge is 2.60. The lowest BCUT2D eigenvalue weighted by Gasteiger charge is -2.31. The van der Waals surface area contributed by atoms with Gasteiger partial charge >= 0.3 is 0 Å². The summed E-state index contributed by atoms with van der Waals surface area (Å²) in [5, 5.41) is 4.71. The van der Waals surface area contributed by atoms with Crippen LogP contribution in [0, 0.1) is 5.92 Å². The van der Waals surface area contributed by atoms with Gasteiger partial charge in [-0.05, 0) is 38.8 Å². The Balaban J connectivity index is 1.62. The second-order valence-corrected chi connectivity index (χ2v) is 10.6. The molecule has 1 saturated heterocycles. The van der Waals surface area contributed by atoms with Crippen molar-refractivity contribution in [2.24, 2.45) is 5.92 Å². The number of benzene rings is 1. The molecule has 10 heteroatoms. The molecular formula is C23H28ClN5O3S. The molecule has 3 heterocycles. The molecule has 0 spiro atoms. The van der Waals surface area contributed by atoms with Gasteiger partial charge in [-0.25, -0.2) is 9.97 Å². The Labute approximate surface area is 202 Å². The van der Waals surface area contributed by atoms with E-state index in [-0.39, 0.29) is 12.0 Å². The fourth-order valence-electron chi connectivity index (χ4n) is 4.77. The number of methoxy groups -OCH3 is 1. The first-order valence-corrected chi connectivity index (χ1v) is 12.2. The van der Waals surface area contributed by atoms with Crippen LogP contribution in [-0.2, 0) is 14.2 Å². The largest absolute Gasteiger partial charge is 0.384 e. The van der Waals surface area contributed by atoms with Gasteiger partial charge in [0, 0.05) is 27.1 Å². The Hall–Kier alpha value is -2.04. The summed E-state index contributed by atoms with van der Waals surface area (Å²) >= 11 is 8.32. The highest BCUT2D eigenvalue weighted by atomic mass is 35.5. The van der Waals surface area contributed by atoms with Crippen LogP contribution in [0.5, 0.6) is 0 Å². The average molecular weight is 490 g/mol. The number of nitrogens with one attached hydrogen (secondary N) is 1. The number of halogens is 1. The van der Waals surface area contributed by atoms with Crippen molar-refractivity contribution in [1.82, 2.24) is 15.0 Å². The van der Waals surface area contributed by atoms with Gasteiger partial charge in [-0.3, -0.25) is 0 Å². The summed E-state index contributed by atoms with van der Waals surface area (Å²) in [4.78, 5) is 16.0. The number of hydrogen-bond acceptors (Lipinski definition) is 9. The third-order valence-electron chi connectivity index (χ3n) is 6.08. The minimum absolute atomic E-state index is 0.188. The van der Waals surface area contributed by atoms with Crippen LogP contribution in [0.4, 0.5) is 11.8 Å². The molecule has 2 aliphatic rings. The first kappa shape index (κ1) is 22.7. The van der Waals surface area contributed by atoms with E-state index < -0.39 is 11.5 Å². The molecule has 176 valence electrons. The molecule has 1 saturated carbocycles. The summed E-state index contributed by atoms with van der Waals surface area (Å²) in [6, 6.07) is 8.01. The minimum atomic E-state index is -0.751. The molecule has 1 N–H and O–H groups in total. The summed E-state index contributed by atoms with van der Waals surface area (Å²) in [7, 11) is 5.49. The fraction of sp³-hybridized carbons (Fsp3) is 0.522. The molecule has 2 aromatic heterocycles. The van der Waals surface area contributed by atoms with E-state index in [4.69, 9.17) is 35.8 Å². The van der Waals surface area contributed by atoms with Crippen molar-refractivity contribution in [3.8, 4) is 10.6 Å². The molecule has 1 aliphatic carbocycles. The molecule has 0 bridgehead atoms. The van der Waals surface area contributed by atoms with Gasteiger partial charge in [0.1, 0.15) is 22.1 Å². The molecule has 1 aromatic carbocycles. The van der Waals surface area contributed by atoms with Crippen LogP contribution in [0.25, 0.3) is 20.8 Å². The number of para-hydroxylation sites is 1. The predicted octanol–water partition coefficient (Wildman–Crippen LogP) is 4.79. The third-order valence-corrected chi connectivity index (χ3v) is 7.41. The number of fused-ring (bicyclic) bond motifs is 2. The summed E-state index contributed by atoms with van der Waals surface area (Å²) in [6.07, 6.45) is 1.48. The van der Waals surface area contributed by atoms with Gasteiger partial charge in [-0.1, -0.05) is 23.7 Å². The summed E-state index contributed by atoms with van der Waals surface area (Å²) in [5.41, 5.74) is 0.828. The monoisotopic (exact) mass is 489 g/mol. The second kappa shape index (κ2) is 8.32. The molecule has 0 radical (unpaired) electrons. The molecule has 3 atom stereocenters. The Morgan fingerprint density at radius 1 is 1.24 bits per heavy atom. The van der Waals surface area contributed by atoms with Gasteiger partial charge in [0.15, 0.2) is 11.5 Å². The van der Waals surface area contributed by atoms with Crippen molar-refractivity contribution in [3.05, 3.63) is 29.4 Å². The number of rotatable bonds is 6. The van der Waals surface area contributed by atoms with Crippen molar-refractivity contribution in [3.63, 3.8) is 0 Å². The Bertz CT molecular complexity index is 1150. The zero-order valence-electron chi connectivity index (χ0n) is 19.4. The van der Waals surface area contributed by atoms with Gasteiger partial charge in [-0.2, -0.15) is 4.98 Å². The average Bonchev–Trinajstić information content (AvgIpc) is 3.37. The van der Waals surface area contributed by atoms with Crippen molar-refractivity contribution < 1.29 is 14.2 Å². The van der Waals surface area contributed by atoms with Gasteiger partial charge in [0.25, 0.3) is 0 Å². The maximum absolute atomic E-state index is 6.76. The Morgan fingerprint density at radius 3 is 2.76 bits per heavy atom. The van der Waals surface area contributed by atoms with E-state index in [9.17, 15) is 0 Å². The normalized spacial score (nSPS) is 26.0. The lowest BCUT2D eigenvalue weighted by molar-refractivity contribution is -0.168. The number of aromatic nitrogens is 3. The van der Waals surface area contributed by atoms with Crippen LogP contribution in [0.1, 0.15) is 26.7 Å². The molecular weight excluding hydrogens is 462 g/mol. The summed E-state index contributed by atoms with van der Waals surface area (Å²) in [6.45, 7) is 4.47. The number of hydrogen-bond donors (Lipinski definition) is 1. The molecule has 1 aliphatic heterocycles. The van der Waals surface area contributed by atoms with Crippen molar-refractivity contribution in [2.45, 2.75) is 44.3 Å². The minimum Gasteiger partial charge on any atom is -0.384 e. The first-order chi connectivity index (χ1) is 15.7. The van der Waals surface area contributed by atoms with E-state index in [0.717, 1.165) is 28.1 Å². The van der Waals surface area contributed by atoms with Crippen LogP contribution in [-0.4, -0.2) is 60.4 Å². The predicted molar refractivity (Wildman–Crippen MR) is 131 cm³/mol. The lowest BCUT2D eigenvalue weighted by Crippen LogP contribution is -2.46. The van der Waals surface area contributed by atoms with Crippen molar-refractivity contribution >= 4 is 44.9 Å². The van der Waals surface area contributed by atoms with E-state index in [1.165, 1.54) is 0 Å². The van der Waals surface area contributed by atoms with E-state index >= 15 is 0 Å². The SMILES string of the molecule is COCC1CCC2(Nc3nc(N(C)C)nc(Cl)c3-c3nc4ccccc4s3)OC(C)(C)OC12. The topological polar surface area (TPSA) is 81.6 Å². The number of thiazole rings is 1. The van der Waals surface area contributed by atoms with E-state index in [1.54, 1.807) is 18.4 Å². The van der Waals surface area contributed by atoms with Crippen LogP contribution >= 0.6 is 22.9 Å². The number of ether oxygens (including phenoxy) is 3. The van der Waals surface area contributed by atoms with E-state index in [1.807, 2.05) is 57.1 Å². The molecule has 33 heavy (non-hydrogen) atoms. The van der Waals surface area contributed by atoms with Gasteiger partial charge in [-0.15, -0.1) is 11.3 Å². The second-order valence-electron chi connectivity index (χ2n) is 9.23. The quantitative estimate of drug-likeness (QED) is 0.495. The number of anilines is 2. The van der Waals surface area contributed by atoms with Crippen LogP contribution in [0.2, 0.25) is 5.15 Å². The van der Waals surface area contributed by atoms with Gasteiger partial charge in [0.05, 0.1) is 22.4 Å². The standard InChI is InChI=1S/C23H28ClN5O3S/c1-22(2)31-17-13(12-30-5)10-11-23(17,32-22)28-19-16(18(24)26-21(27-19)29(3)4)20-25-14-8-6-7-9-15(14)33-20/h6-9,13,17H,10-12H2,1-5H3,(H,26,27,28). The summed E-state index contributed by atoms with van der Waals surface area (Å²) in [5.74, 6) is 0.564. The molecule has 2 fully saturated rings. The highest BCUT2D eigenvalue weighted by molar-refractivity contribution is 7.21. The van der Waals surface area contributed by atoms with E-state index in [2.05, 4.69) is 10.3 Å². The maximum Gasteiger partial charge on any atom is 0.228 e. The molecule has 3 unspecified atom stereocenters. The van der Waals surface area contributed by atoms with Crippen LogP contribution < -0.4 is 10.2 Å². The smallest absolute Gasteiger partial charge is 0.228 e. The van der Waals surface area contributed by atoms with Crippen molar-refractivity contribution in [1.29, 1.82) is 0 Å². The van der Waals surface area contributed by atoms with E-state index in [0.29, 0.717) is 29.1 Å².